The number of rotatable bonds is 2. The summed E-state index contributed by atoms with van der Waals surface area (Å²) >= 11 is 14.2. The Labute approximate surface area is 144 Å². The van der Waals surface area contributed by atoms with E-state index >= 15 is 0 Å². The number of nitrogens with zero attached hydrogens (tertiary/aromatic N) is 1. The normalized spacial score (nSPS) is 17.8. The SMILES string of the molecule is Cc1ccc(C(=O)N2CCS[C@H]2c2cccc(Cl)c2Cl)cc1. The van der Waals surface area contributed by atoms with Gasteiger partial charge in [-0.15, -0.1) is 11.8 Å². The van der Waals surface area contributed by atoms with E-state index in [1.807, 2.05) is 48.2 Å². The van der Waals surface area contributed by atoms with Crippen molar-refractivity contribution < 1.29 is 4.79 Å². The van der Waals surface area contributed by atoms with Crippen LogP contribution in [0.3, 0.4) is 0 Å². The topological polar surface area (TPSA) is 20.3 Å². The molecule has 0 radical (unpaired) electrons. The van der Waals surface area contributed by atoms with Crippen molar-refractivity contribution in [3.63, 3.8) is 0 Å². The molecule has 2 aromatic rings. The van der Waals surface area contributed by atoms with Crippen LogP contribution in [-0.4, -0.2) is 23.1 Å². The van der Waals surface area contributed by atoms with Crippen LogP contribution in [0.2, 0.25) is 10.0 Å². The lowest BCUT2D eigenvalue weighted by Gasteiger charge is -2.25. The van der Waals surface area contributed by atoms with Crippen molar-refractivity contribution >= 4 is 40.9 Å². The zero-order valence-electron chi connectivity index (χ0n) is 12.1. The molecule has 1 heterocycles. The summed E-state index contributed by atoms with van der Waals surface area (Å²) in [7, 11) is 0. The van der Waals surface area contributed by atoms with E-state index in [1.54, 1.807) is 17.8 Å². The number of aryl methyl sites for hydroxylation is 1. The first-order valence-corrected chi connectivity index (χ1v) is 8.81. The summed E-state index contributed by atoms with van der Waals surface area (Å²) in [5, 5.41) is 0.972. The third-order valence-electron chi connectivity index (χ3n) is 3.70. The van der Waals surface area contributed by atoms with Crippen LogP contribution < -0.4 is 0 Å². The monoisotopic (exact) mass is 351 g/mol. The molecule has 3 rings (SSSR count). The van der Waals surface area contributed by atoms with Gasteiger partial charge in [-0.25, -0.2) is 0 Å². The van der Waals surface area contributed by atoms with Crippen LogP contribution in [0.5, 0.6) is 0 Å². The van der Waals surface area contributed by atoms with Crippen molar-refractivity contribution in [3.8, 4) is 0 Å². The number of carbonyl (C=O) groups is 1. The first-order valence-electron chi connectivity index (χ1n) is 7.01. The second-order valence-corrected chi connectivity index (χ2v) is 7.20. The second-order valence-electron chi connectivity index (χ2n) is 5.23. The lowest BCUT2D eigenvalue weighted by atomic mass is 10.1. The summed E-state index contributed by atoms with van der Waals surface area (Å²) in [6.45, 7) is 2.72. The summed E-state index contributed by atoms with van der Waals surface area (Å²) in [5.74, 6) is 0.927. The molecule has 1 saturated heterocycles. The van der Waals surface area contributed by atoms with Gasteiger partial charge in [0.1, 0.15) is 5.37 Å². The lowest BCUT2D eigenvalue weighted by Crippen LogP contribution is -2.30. The molecule has 22 heavy (non-hydrogen) atoms. The van der Waals surface area contributed by atoms with Gasteiger partial charge in [0.05, 0.1) is 10.0 Å². The molecule has 114 valence electrons. The molecule has 1 aliphatic heterocycles. The van der Waals surface area contributed by atoms with E-state index < -0.39 is 0 Å². The molecular weight excluding hydrogens is 337 g/mol. The second kappa shape index (κ2) is 6.53. The van der Waals surface area contributed by atoms with Gasteiger partial charge in [0, 0.05) is 23.4 Å². The Bertz CT molecular complexity index is 702. The highest BCUT2D eigenvalue weighted by Gasteiger charge is 2.32. The summed E-state index contributed by atoms with van der Waals surface area (Å²) < 4.78 is 0. The van der Waals surface area contributed by atoms with Crippen molar-refractivity contribution in [2.45, 2.75) is 12.3 Å². The Kier molecular flexibility index (Phi) is 4.67. The average molecular weight is 352 g/mol. The molecule has 2 nitrogen and oxygen atoms in total. The van der Waals surface area contributed by atoms with Crippen LogP contribution in [0.4, 0.5) is 0 Å². The van der Waals surface area contributed by atoms with Crippen LogP contribution in [0, 0.1) is 6.92 Å². The number of thioether (sulfide) groups is 1. The van der Waals surface area contributed by atoms with Crippen LogP contribution in [-0.2, 0) is 0 Å². The molecule has 1 atom stereocenters. The van der Waals surface area contributed by atoms with Gasteiger partial charge in [-0.05, 0) is 25.1 Å². The number of hydrogen-bond donors (Lipinski definition) is 0. The van der Waals surface area contributed by atoms with E-state index in [-0.39, 0.29) is 11.3 Å². The van der Waals surface area contributed by atoms with Crippen molar-refractivity contribution in [1.82, 2.24) is 4.90 Å². The highest BCUT2D eigenvalue weighted by Crippen LogP contribution is 2.43. The summed E-state index contributed by atoms with van der Waals surface area (Å²) in [6.07, 6.45) is 0. The van der Waals surface area contributed by atoms with E-state index in [0.29, 0.717) is 22.2 Å². The van der Waals surface area contributed by atoms with Gasteiger partial charge in [-0.1, -0.05) is 53.0 Å². The zero-order chi connectivity index (χ0) is 15.7. The highest BCUT2D eigenvalue weighted by atomic mass is 35.5. The highest BCUT2D eigenvalue weighted by molar-refractivity contribution is 7.99. The number of carbonyl (C=O) groups excluding carboxylic acids is 1. The molecule has 0 saturated carbocycles. The fourth-order valence-electron chi connectivity index (χ4n) is 2.51. The van der Waals surface area contributed by atoms with Crippen LogP contribution >= 0.6 is 35.0 Å². The van der Waals surface area contributed by atoms with E-state index in [0.717, 1.165) is 16.9 Å². The standard InChI is InChI=1S/C17H15Cl2NOS/c1-11-5-7-12(8-6-11)16(21)20-9-10-22-17(20)13-3-2-4-14(18)15(13)19/h2-8,17H,9-10H2,1H3/t17-/m0/s1. The zero-order valence-corrected chi connectivity index (χ0v) is 14.4. The maximum Gasteiger partial charge on any atom is 0.255 e. The fraction of sp³-hybridized carbons (Fsp3) is 0.235. The van der Waals surface area contributed by atoms with Gasteiger partial charge >= 0.3 is 0 Å². The lowest BCUT2D eigenvalue weighted by molar-refractivity contribution is 0.0760. The van der Waals surface area contributed by atoms with Crippen LogP contribution in [0.15, 0.2) is 42.5 Å². The molecule has 0 spiro atoms. The Morgan fingerprint density at radius 2 is 1.91 bits per heavy atom. The minimum Gasteiger partial charge on any atom is -0.322 e. The van der Waals surface area contributed by atoms with Gasteiger partial charge in [-0.3, -0.25) is 4.79 Å². The van der Waals surface area contributed by atoms with Gasteiger partial charge < -0.3 is 4.90 Å². The number of halogens is 2. The Balaban J connectivity index is 1.91. The third-order valence-corrected chi connectivity index (χ3v) is 5.77. The van der Waals surface area contributed by atoms with E-state index in [4.69, 9.17) is 23.2 Å². The minimum absolute atomic E-state index is 0.0334. The molecule has 2 aromatic carbocycles. The number of benzene rings is 2. The summed E-state index contributed by atoms with van der Waals surface area (Å²) in [6, 6.07) is 13.2. The Morgan fingerprint density at radius 3 is 2.64 bits per heavy atom. The van der Waals surface area contributed by atoms with E-state index in [2.05, 4.69) is 0 Å². The molecular formula is C17H15Cl2NOS. The van der Waals surface area contributed by atoms with Gasteiger partial charge in [-0.2, -0.15) is 0 Å². The maximum absolute atomic E-state index is 12.8. The maximum atomic E-state index is 12.8. The van der Waals surface area contributed by atoms with Gasteiger partial charge in [0.25, 0.3) is 5.91 Å². The Hall–Kier alpha value is -1.16. The molecule has 1 aliphatic rings. The quantitative estimate of drug-likeness (QED) is 0.741. The van der Waals surface area contributed by atoms with Crippen molar-refractivity contribution in [2.24, 2.45) is 0 Å². The third kappa shape index (κ3) is 2.98. The number of amides is 1. The van der Waals surface area contributed by atoms with Crippen molar-refractivity contribution in [1.29, 1.82) is 0 Å². The Morgan fingerprint density at radius 1 is 1.18 bits per heavy atom. The smallest absolute Gasteiger partial charge is 0.255 e. The molecule has 0 N–H and O–H groups in total. The van der Waals surface area contributed by atoms with Crippen LogP contribution in [0.1, 0.15) is 26.9 Å². The van der Waals surface area contributed by atoms with Crippen LogP contribution in [0.25, 0.3) is 0 Å². The number of hydrogen-bond acceptors (Lipinski definition) is 2. The molecule has 1 fully saturated rings. The predicted molar refractivity (Wildman–Crippen MR) is 93.9 cm³/mol. The van der Waals surface area contributed by atoms with E-state index in [9.17, 15) is 4.79 Å². The molecule has 0 unspecified atom stereocenters. The van der Waals surface area contributed by atoms with E-state index in [1.165, 1.54) is 0 Å². The average Bonchev–Trinajstić information content (AvgIpc) is 2.99. The summed E-state index contributed by atoms with van der Waals surface area (Å²) in [4.78, 5) is 14.6. The van der Waals surface area contributed by atoms with Gasteiger partial charge in [0.15, 0.2) is 0 Å². The predicted octanol–water partition coefficient (Wildman–Crippen LogP) is 5.19. The first-order chi connectivity index (χ1) is 10.6. The molecule has 5 heteroatoms. The molecule has 1 amide bonds. The fourth-order valence-corrected chi connectivity index (χ4v) is 4.27. The molecule has 0 bridgehead atoms. The summed E-state index contributed by atoms with van der Waals surface area (Å²) in [5.41, 5.74) is 2.75. The molecule has 0 aliphatic carbocycles. The largest absolute Gasteiger partial charge is 0.322 e. The minimum atomic E-state index is -0.0833. The first kappa shape index (κ1) is 15.7. The van der Waals surface area contributed by atoms with Gasteiger partial charge in [0.2, 0.25) is 0 Å². The van der Waals surface area contributed by atoms with Crippen molar-refractivity contribution in [2.75, 3.05) is 12.3 Å². The molecule has 0 aromatic heterocycles. The van der Waals surface area contributed by atoms with Crippen molar-refractivity contribution in [3.05, 3.63) is 69.2 Å².